The van der Waals surface area contributed by atoms with Gasteiger partial charge in [-0.2, -0.15) is 0 Å². The zero-order valence-corrected chi connectivity index (χ0v) is 18.1. The largest absolute Gasteiger partial charge is 0.481 e. The second kappa shape index (κ2) is 9.95. The number of pyridine rings is 2. The van der Waals surface area contributed by atoms with Crippen LogP contribution in [0.25, 0.3) is 0 Å². The van der Waals surface area contributed by atoms with Gasteiger partial charge in [0.1, 0.15) is 11.5 Å². The quantitative estimate of drug-likeness (QED) is 0.487. The molecule has 10 heteroatoms. The van der Waals surface area contributed by atoms with Gasteiger partial charge in [0.05, 0.1) is 17.0 Å². The maximum Gasteiger partial charge on any atom is 0.240 e. The number of hydrogen-bond acceptors (Lipinski definition) is 6. The van der Waals surface area contributed by atoms with E-state index >= 15 is 0 Å². The topological polar surface area (TPSA) is 98.2 Å². The molecule has 1 N–H and O–H groups in total. The van der Waals surface area contributed by atoms with Gasteiger partial charge < -0.3 is 4.74 Å². The number of sulfonamides is 1. The summed E-state index contributed by atoms with van der Waals surface area (Å²) in [7, 11) is -2.35. The molecule has 0 bridgehead atoms. The molecule has 0 spiro atoms. The van der Waals surface area contributed by atoms with Crippen molar-refractivity contribution in [2.45, 2.75) is 24.3 Å². The first-order valence-corrected chi connectivity index (χ1v) is 11.1. The number of methoxy groups -OCH3 is 1. The van der Waals surface area contributed by atoms with Crippen LogP contribution in [0.5, 0.6) is 5.88 Å². The molecule has 0 radical (unpaired) electrons. The van der Waals surface area contributed by atoms with Crippen LogP contribution in [0.4, 0.5) is 4.39 Å². The van der Waals surface area contributed by atoms with Gasteiger partial charge in [0.2, 0.25) is 15.9 Å². The van der Waals surface area contributed by atoms with Gasteiger partial charge in [-0.1, -0.05) is 23.7 Å². The maximum absolute atomic E-state index is 13.2. The third-order valence-electron chi connectivity index (χ3n) is 4.43. The number of carbonyl (C=O) groups excluding carboxylic acids is 1. The first-order chi connectivity index (χ1) is 14.8. The highest BCUT2D eigenvalue weighted by Gasteiger charge is 2.16. The molecular formula is C21H19ClFN3O4S. The Morgan fingerprint density at radius 3 is 2.45 bits per heavy atom. The molecule has 2 aromatic heterocycles. The minimum Gasteiger partial charge on any atom is -0.481 e. The van der Waals surface area contributed by atoms with Crippen LogP contribution in [0.15, 0.2) is 59.8 Å². The second-order valence-corrected chi connectivity index (χ2v) is 8.76. The number of benzene rings is 1. The molecule has 0 amide bonds. The smallest absolute Gasteiger partial charge is 0.240 e. The lowest BCUT2D eigenvalue weighted by Gasteiger charge is -2.08. The standard InChI is InChI=1S/C21H19ClFN3O4S/c1-30-21-9-4-14(11-25-21)3-8-20(27)19-7-2-15(12-24-19)13-26-31(28,29)16-5-6-18(23)17(22)10-16/h2,4-7,9-12,26H,3,8,13H2,1H3. The Balaban J connectivity index is 1.56. The predicted octanol–water partition coefficient (Wildman–Crippen LogP) is 3.57. The van der Waals surface area contributed by atoms with Crippen LogP contribution in [0, 0.1) is 5.82 Å². The van der Waals surface area contributed by atoms with Crippen LogP contribution in [0.1, 0.15) is 28.0 Å². The minimum atomic E-state index is -3.88. The van der Waals surface area contributed by atoms with Crippen molar-refractivity contribution in [3.05, 3.63) is 82.5 Å². The Kier molecular flexibility index (Phi) is 7.32. The average molecular weight is 464 g/mol. The Labute approximate surface area is 184 Å². The SMILES string of the molecule is COc1ccc(CCC(=O)c2ccc(CNS(=O)(=O)c3ccc(F)c(Cl)c3)cn2)cn1. The van der Waals surface area contributed by atoms with Crippen LogP contribution in [0.2, 0.25) is 5.02 Å². The monoisotopic (exact) mass is 463 g/mol. The number of nitrogens with one attached hydrogen (secondary N) is 1. The molecule has 162 valence electrons. The fourth-order valence-corrected chi connectivity index (χ4v) is 3.95. The summed E-state index contributed by atoms with van der Waals surface area (Å²) in [6.45, 7) is -0.0453. The number of hydrogen-bond donors (Lipinski definition) is 1. The first kappa shape index (κ1) is 22.8. The van der Waals surface area contributed by atoms with E-state index in [0.717, 1.165) is 23.8 Å². The first-order valence-electron chi connectivity index (χ1n) is 9.20. The van der Waals surface area contributed by atoms with Crippen molar-refractivity contribution in [1.29, 1.82) is 0 Å². The molecule has 0 aliphatic carbocycles. The molecule has 0 saturated heterocycles. The summed E-state index contributed by atoms with van der Waals surface area (Å²) < 4.78 is 45.3. The highest BCUT2D eigenvalue weighted by atomic mass is 35.5. The number of Topliss-reactive ketones (excluding diaryl/α,β-unsaturated/α-hetero) is 1. The lowest BCUT2D eigenvalue weighted by Crippen LogP contribution is -2.23. The van der Waals surface area contributed by atoms with Gasteiger partial charge in [0.25, 0.3) is 0 Å². The molecule has 0 aliphatic rings. The number of halogens is 2. The number of rotatable bonds is 9. The van der Waals surface area contributed by atoms with Gasteiger partial charge >= 0.3 is 0 Å². The molecule has 7 nitrogen and oxygen atoms in total. The molecular weight excluding hydrogens is 445 g/mol. The number of aryl methyl sites for hydroxylation is 1. The van der Waals surface area contributed by atoms with Gasteiger partial charge in [0.15, 0.2) is 5.78 Å². The van der Waals surface area contributed by atoms with E-state index in [9.17, 15) is 17.6 Å². The van der Waals surface area contributed by atoms with Crippen molar-refractivity contribution in [1.82, 2.24) is 14.7 Å². The fourth-order valence-electron chi connectivity index (χ4n) is 2.67. The highest BCUT2D eigenvalue weighted by molar-refractivity contribution is 7.89. The van der Waals surface area contributed by atoms with E-state index in [1.807, 2.05) is 6.07 Å². The third-order valence-corrected chi connectivity index (χ3v) is 6.11. The van der Waals surface area contributed by atoms with E-state index in [-0.39, 0.29) is 28.7 Å². The Morgan fingerprint density at radius 1 is 1.10 bits per heavy atom. The highest BCUT2D eigenvalue weighted by Crippen LogP contribution is 2.19. The molecule has 0 aliphatic heterocycles. The summed E-state index contributed by atoms with van der Waals surface area (Å²) in [5.41, 5.74) is 1.76. The molecule has 0 atom stereocenters. The summed E-state index contributed by atoms with van der Waals surface area (Å²) in [5, 5.41) is -0.280. The average Bonchev–Trinajstić information content (AvgIpc) is 2.78. The van der Waals surface area contributed by atoms with Crippen molar-refractivity contribution >= 4 is 27.4 Å². The van der Waals surface area contributed by atoms with Gasteiger partial charge in [-0.05, 0) is 41.8 Å². The van der Waals surface area contributed by atoms with Crippen LogP contribution < -0.4 is 9.46 Å². The molecule has 31 heavy (non-hydrogen) atoms. The molecule has 3 rings (SSSR count). The van der Waals surface area contributed by atoms with Crippen LogP contribution >= 0.6 is 11.6 Å². The van der Waals surface area contributed by atoms with Crippen molar-refractivity contribution in [3.8, 4) is 5.88 Å². The second-order valence-electron chi connectivity index (χ2n) is 6.58. The van der Waals surface area contributed by atoms with Crippen molar-refractivity contribution in [2.24, 2.45) is 0 Å². The molecule has 2 heterocycles. The summed E-state index contributed by atoms with van der Waals surface area (Å²) in [6, 6.07) is 9.90. The molecule has 0 unspecified atom stereocenters. The molecule has 0 fully saturated rings. The number of aromatic nitrogens is 2. The fraction of sp³-hybridized carbons (Fsp3) is 0.190. The Morgan fingerprint density at radius 2 is 1.84 bits per heavy atom. The number of ketones is 1. The normalized spacial score (nSPS) is 11.3. The summed E-state index contributed by atoms with van der Waals surface area (Å²) in [5.74, 6) is -0.331. The molecule has 0 saturated carbocycles. The van der Waals surface area contributed by atoms with E-state index in [0.29, 0.717) is 23.6 Å². The number of nitrogens with zero attached hydrogens (tertiary/aromatic N) is 2. The predicted molar refractivity (Wildman–Crippen MR) is 113 cm³/mol. The van der Waals surface area contributed by atoms with E-state index in [2.05, 4.69) is 14.7 Å². The third kappa shape index (κ3) is 6.06. The van der Waals surface area contributed by atoms with Crippen LogP contribution in [-0.2, 0) is 23.0 Å². The van der Waals surface area contributed by atoms with Crippen LogP contribution in [0.3, 0.4) is 0 Å². The lowest BCUT2D eigenvalue weighted by atomic mass is 10.1. The van der Waals surface area contributed by atoms with Crippen molar-refractivity contribution < 1.29 is 22.3 Å². The molecule has 3 aromatic rings. The molecule has 1 aromatic carbocycles. The van der Waals surface area contributed by atoms with E-state index in [4.69, 9.17) is 16.3 Å². The van der Waals surface area contributed by atoms with E-state index in [1.54, 1.807) is 24.4 Å². The summed E-state index contributed by atoms with van der Waals surface area (Å²) >= 11 is 5.64. The zero-order chi connectivity index (χ0) is 22.4. The minimum absolute atomic E-state index is 0.0453. The number of ether oxygens (including phenoxy) is 1. The van der Waals surface area contributed by atoms with Crippen molar-refractivity contribution in [2.75, 3.05) is 7.11 Å². The van der Waals surface area contributed by atoms with Gasteiger partial charge in [-0.15, -0.1) is 0 Å². The van der Waals surface area contributed by atoms with Crippen molar-refractivity contribution in [3.63, 3.8) is 0 Å². The van der Waals surface area contributed by atoms with E-state index < -0.39 is 15.8 Å². The Bertz CT molecular complexity index is 1170. The van der Waals surface area contributed by atoms with Gasteiger partial charge in [-0.3, -0.25) is 9.78 Å². The maximum atomic E-state index is 13.2. The summed E-state index contributed by atoms with van der Waals surface area (Å²) in [4.78, 5) is 20.4. The zero-order valence-electron chi connectivity index (χ0n) is 16.5. The van der Waals surface area contributed by atoms with Gasteiger partial charge in [0, 0.05) is 31.4 Å². The van der Waals surface area contributed by atoms with Gasteiger partial charge in [-0.25, -0.2) is 22.5 Å². The number of carbonyl (C=O) groups is 1. The summed E-state index contributed by atoms with van der Waals surface area (Å²) in [6.07, 6.45) is 3.86. The Hall–Kier alpha value is -2.88. The lowest BCUT2D eigenvalue weighted by molar-refractivity contribution is 0.0978. The van der Waals surface area contributed by atoms with Crippen LogP contribution in [-0.4, -0.2) is 31.3 Å². The van der Waals surface area contributed by atoms with E-state index in [1.165, 1.54) is 13.3 Å².